The fraction of sp³-hybridized carbons (Fsp3) is 0.684. The first-order valence-electron chi connectivity index (χ1n) is 8.37. The van der Waals surface area contributed by atoms with E-state index in [1.54, 1.807) is 0 Å². The van der Waals surface area contributed by atoms with Crippen molar-refractivity contribution in [2.75, 3.05) is 13.2 Å². The van der Waals surface area contributed by atoms with Crippen molar-refractivity contribution in [3.63, 3.8) is 0 Å². The van der Waals surface area contributed by atoms with Gasteiger partial charge < -0.3 is 10.1 Å². The maximum Gasteiger partial charge on any atom is 0.0949 e. The molecule has 118 valence electrons. The molecule has 1 aliphatic rings. The summed E-state index contributed by atoms with van der Waals surface area (Å²) in [5.41, 5.74) is 2.71. The predicted molar refractivity (Wildman–Crippen MR) is 89.6 cm³/mol. The van der Waals surface area contributed by atoms with Crippen molar-refractivity contribution >= 4 is 0 Å². The molecule has 0 aromatic heterocycles. The van der Waals surface area contributed by atoms with Gasteiger partial charge >= 0.3 is 0 Å². The van der Waals surface area contributed by atoms with Crippen LogP contribution < -0.4 is 5.32 Å². The Morgan fingerprint density at radius 2 is 1.76 bits per heavy atom. The van der Waals surface area contributed by atoms with Crippen molar-refractivity contribution in [1.82, 2.24) is 5.32 Å². The van der Waals surface area contributed by atoms with Gasteiger partial charge in [-0.2, -0.15) is 0 Å². The molecule has 1 aromatic rings. The maximum atomic E-state index is 6.28. The summed E-state index contributed by atoms with van der Waals surface area (Å²) >= 11 is 0. The number of hydrogen-bond acceptors (Lipinski definition) is 2. The minimum Gasteiger partial charge on any atom is -0.372 e. The molecule has 1 unspecified atom stereocenters. The normalized spacial score (nSPS) is 18.1. The zero-order chi connectivity index (χ0) is 15.3. The summed E-state index contributed by atoms with van der Waals surface area (Å²) in [6, 6.07) is 8.77. The molecule has 0 bridgehead atoms. The van der Waals surface area contributed by atoms with Gasteiger partial charge in [-0.05, 0) is 52.0 Å². The van der Waals surface area contributed by atoms with Crippen molar-refractivity contribution in [3.05, 3.63) is 35.4 Å². The summed E-state index contributed by atoms with van der Waals surface area (Å²) in [7, 11) is 0. The molecule has 1 fully saturated rings. The van der Waals surface area contributed by atoms with Gasteiger partial charge in [0.05, 0.1) is 12.7 Å². The van der Waals surface area contributed by atoms with Gasteiger partial charge in [0.1, 0.15) is 0 Å². The molecule has 0 amide bonds. The molecule has 21 heavy (non-hydrogen) atoms. The van der Waals surface area contributed by atoms with Gasteiger partial charge in [-0.25, -0.2) is 0 Å². The molecule has 0 spiro atoms. The zero-order valence-electron chi connectivity index (χ0n) is 14.1. The second kappa shape index (κ2) is 7.42. The maximum absolute atomic E-state index is 6.28. The second-order valence-corrected chi connectivity index (χ2v) is 7.51. The monoisotopic (exact) mass is 289 g/mol. The number of benzene rings is 1. The lowest BCUT2D eigenvalue weighted by molar-refractivity contribution is 0.0260. The highest BCUT2D eigenvalue weighted by Crippen LogP contribution is 2.27. The fourth-order valence-corrected chi connectivity index (χ4v) is 2.88. The van der Waals surface area contributed by atoms with Crippen molar-refractivity contribution in [2.45, 2.75) is 65.0 Å². The van der Waals surface area contributed by atoms with Crippen LogP contribution in [0.15, 0.2) is 24.3 Å². The summed E-state index contributed by atoms with van der Waals surface area (Å²) in [6.07, 6.45) is 5.60. The van der Waals surface area contributed by atoms with E-state index < -0.39 is 0 Å². The van der Waals surface area contributed by atoms with E-state index in [1.807, 2.05) is 0 Å². The van der Waals surface area contributed by atoms with Gasteiger partial charge in [-0.3, -0.25) is 0 Å². The van der Waals surface area contributed by atoms with Crippen molar-refractivity contribution in [3.8, 4) is 0 Å². The number of aryl methyl sites for hydroxylation is 1. The summed E-state index contributed by atoms with van der Waals surface area (Å²) in [5.74, 6) is 0.771. The summed E-state index contributed by atoms with van der Waals surface area (Å²) in [4.78, 5) is 0. The molecule has 2 rings (SSSR count). The van der Waals surface area contributed by atoms with E-state index >= 15 is 0 Å². The Morgan fingerprint density at radius 1 is 1.14 bits per heavy atom. The first kappa shape index (κ1) is 16.5. The minimum absolute atomic E-state index is 0.125. The number of rotatable bonds is 6. The highest BCUT2D eigenvalue weighted by molar-refractivity contribution is 5.23. The molecule has 1 N–H and O–H groups in total. The summed E-state index contributed by atoms with van der Waals surface area (Å²) in [6.45, 7) is 10.5. The van der Waals surface area contributed by atoms with Crippen LogP contribution in [0.2, 0.25) is 0 Å². The quantitative estimate of drug-likeness (QED) is 0.824. The minimum atomic E-state index is 0.125. The Bertz CT molecular complexity index is 412. The lowest BCUT2D eigenvalue weighted by Gasteiger charge is -2.27. The summed E-state index contributed by atoms with van der Waals surface area (Å²) < 4.78 is 6.28. The van der Waals surface area contributed by atoms with Crippen LogP contribution in [-0.2, 0) is 4.74 Å². The molecule has 2 heteroatoms. The fourth-order valence-electron chi connectivity index (χ4n) is 2.88. The molecule has 1 atom stereocenters. The topological polar surface area (TPSA) is 21.3 Å². The molecule has 0 radical (unpaired) electrons. The number of hydrogen-bond donors (Lipinski definition) is 1. The zero-order valence-corrected chi connectivity index (χ0v) is 14.1. The third kappa shape index (κ3) is 5.80. The molecule has 0 heterocycles. The molecule has 1 aromatic carbocycles. The van der Waals surface area contributed by atoms with Crippen LogP contribution in [0.5, 0.6) is 0 Å². The van der Waals surface area contributed by atoms with Gasteiger partial charge in [0.2, 0.25) is 0 Å². The van der Waals surface area contributed by atoms with E-state index in [2.05, 4.69) is 57.3 Å². The second-order valence-electron chi connectivity index (χ2n) is 7.51. The molecular weight excluding hydrogens is 258 g/mol. The van der Waals surface area contributed by atoms with Crippen LogP contribution in [0.3, 0.4) is 0 Å². The SMILES string of the molecule is Cc1ccc(C(CNC(C)(C)C)OCC2CCCC2)cc1. The van der Waals surface area contributed by atoms with E-state index in [-0.39, 0.29) is 11.6 Å². The highest BCUT2D eigenvalue weighted by Gasteiger charge is 2.20. The lowest BCUT2D eigenvalue weighted by Crippen LogP contribution is -2.39. The van der Waals surface area contributed by atoms with Crippen LogP contribution >= 0.6 is 0 Å². The van der Waals surface area contributed by atoms with Crippen LogP contribution in [0.4, 0.5) is 0 Å². The van der Waals surface area contributed by atoms with Crippen LogP contribution in [-0.4, -0.2) is 18.7 Å². The molecule has 0 saturated heterocycles. The Balaban J connectivity index is 1.96. The van der Waals surface area contributed by atoms with Crippen LogP contribution in [0, 0.1) is 12.8 Å². The Kier molecular flexibility index (Phi) is 5.83. The van der Waals surface area contributed by atoms with Crippen LogP contribution in [0.25, 0.3) is 0 Å². The van der Waals surface area contributed by atoms with E-state index in [1.165, 1.54) is 36.8 Å². The summed E-state index contributed by atoms with van der Waals surface area (Å²) in [5, 5.41) is 3.59. The largest absolute Gasteiger partial charge is 0.372 e. The molecule has 1 aliphatic carbocycles. The standard InChI is InChI=1S/C19H31NO/c1-15-9-11-17(12-10-15)18(13-20-19(2,3)4)21-14-16-7-5-6-8-16/h9-12,16,18,20H,5-8,13-14H2,1-4H3. The van der Waals surface area contributed by atoms with E-state index in [0.29, 0.717) is 0 Å². The molecule has 1 saturated carbocycles. The molecule has 0 aliphatic heterocycles. The molecular formula is C19H31NO. The first-order valence-corrected chi connectivity index (χ1v) is 8.37. The first-order chi connectivity index (χ1) is 9.94. The van der Waals surface area contributed by atoms with Gasteiger partial charge in [-0.15, -0.1) is 0 Å². The van der Waals surface area contributed by atoms with Gasteiger partial charge in [0.15, 0.2) is 0 Å². The number of nitrogens with one attached hydrogen (secondary N) is 1. The third-order valence-electron chi connectivity index (χ3n) is 4.27. The average Bonchev–Trinajstić information content (AvgIpc) is 2.92. The van der Waals surface area contributed by atoms with Gasteiger partial charge in [0, 0.05) is 12.1 Å². The highest BCUT2D eigenvalue weighted by atomic mass is 16.5. The Morgan fingerprint density at radius 3 is 2.33 bits per heavy atom. The Hall–Kier alpha value is -0.860. The van der Waals surface area contributed by atoms with Crippen molar-refractivity contribution in [2.24, 2.45) is 5.92 Å². The smallest absolute Gasteiger partial charge is 0.0949 e. The van der Waals surface area contributed by atoms with E-state index in [4.69, 9.17) is 4.74 Å². The van der Waals surface area contributed by atoms with E-state index in [0.717, 1.165) is 19.1 Å². The van der Waals surface area contributed by atoms with Crippen molar-refractivity contribution < 1.29 is 4.74 Å². The van der Waals surface area contributed by atoms with Gasteiger partial charge in [0.25, 0.3) is 0 Å². The lowest BCUT2D eigenvalue weighted by atomic mass is 10.0. The van der Waals surface area contributed by atoms with Crippen molar-refractivity contribution in [1.29, 1.82) is 0 Å². The average molecular weight is 289 g/mol. The molecule has 2 nitrogen and oxygen atoms in total. The van der Waals surface area contributed by atoms with E-state index in [9.17, 15) is 0 Å². The number of ether oxygens (including phenoxy) is 1. The van der Waals surface area contributed by atoms with Gasteiger partial charge in [-0.1, -0.05) is 42.7 Å². The third-order valence-corrected chi connectivity index (χ3v) is 4.27. The van der Waals surface area contributed by atoms with Crippen LogP contribution in [0.1, 0.15) is 63.7 Å². The Labute approximate surface area is 130 Å². The predicted octanol–water partition coefficient (Wildman–Crippen LogP) is 4.63.